The lowest BCUT2D eigenvalue weighted by Crippen LogP contribution is -2.19. The molecule has 0 aliphatic carbocycles. The zero-order chi connectivity index (χ0) is 16.2. The Balaban J connectivity index is 3.30. The normalized spacial score (nSPS) is 11.6. The maximum atomic E-state index is 12.9. The molecule has 1 aromatic rings. The van der Waals surface area contributed by atoms with Crippen LogP contribution >= 0.6 is 11.6 Å². The van der Waals surface area contributed by atoms with E-state index in [2.05, 4.69) is 14.5 Å². The van der Waals surface area contributed by atoms with Crippen molar-refractivity contribution in [3.05, 3.63) is 23.0 Å². The second-order valence-electron chi connectivity index (χ2n) is 3.70. The standard InChI is InChI=1S/C11H9ClF5NO3/c1-20-9(19)3-6-5(10(13)14)2-8(7(4-12)18-6)21-11(15,16)17/h2,10H,3-4H2,1H3. The lowest BCUT2D eigenvalue weighted by Gasteiger charge is -2.15. The van der Waals surface area contributed by atoms with E-state index in [1.807, 2.05) is 0 Å². The van der Waals surface area contributed by atoms with Gasteiger partial charge >= 0.3 is 12.3 Å². The Morgan fingerprint density at radius 3 is 2.43 bits per heavy atom. The van der Waals surface area contributed by atoms with Gasteiger partial charge in [0.1, 0.15) is 0 Å². The highest BCUT2D eigenvalue weighted by Gasteiger charge is 2.33. The van der Waals surface area contributed by atoms with Crippen LogP contribution < -0.4 is 4.74 Å². The van der Waals surface area contributed by atoms with Gasteiger partial charge in [-0.15, -0.1) is 24.8 Å². The molecule has 0 bridgehead atoms. The van der Waals surface area contributed by atoms with E-state index in [9.17, 15) is 26.7 Å². The minimum Gasteiger partial charge on any atom is -0.469 e. The molecule has 0 N–H and O–H groups in total. The smallest absolute Gasteiger partial charge is 0.469 e. The van der Waals surface area contributed by atoms with Gasteiger partial charge in [0.2, 0.25) is 0 Å². The summed E-state index contributed by atoms with van der Waals surface area (Å²) in [5.41, 5.74) is -1.67. The lowest BCUT2D eigenvalue weighted by atomic mass is 10.1. The van der Waals surface area contributed by atoms with Gasteiger partial charge in [-0.3, -0.25) is 9.78 Å². The molecule has 0 fully saturated rings. The SMILES string of the molecule is COC(=O)Cc1nc(CCl)c(OC(F)(F)F)cc1C(F)F. The monoisotopic (exact) mass is 333 g/mol. The number of pyridine rings is 1. The first-order valence-electron chi connectivity index (χ1n) is 5.37. The molecule has 0 saturated carbocycles. The second kappa shape index (κ2) is 6.88. The molecule has 0 aliphatic rings. The Hall–Kier alpha value is -1.64. The van der Waals surface area contributed by atoms with Crippen molar-refractivity contribution in [2.24, 2.45) is 0 Å². The first-order valence-corrected chi connectivity index (χ1v) is 5.90. The van der Waals surface area contributed by atoms with Crippen LogP contribution in [0, 0.1) is 0 Å². The summed E-state index contributed by atoms with van der Waals surface area (Å²) in [6, 6.07) is 0.473. The molecule has 0 saturated heterocycles. The molecular formula is C11H9ClF5NO3. The van der Waals surface area contributed by atoms with Gasteiger partial charge in [-0.2, -0.15) is 0 Å². The third-order valence-electron chi connectivity index (χ3n) is 2.30. The van der Waals surface area contributed by atoms with Gasteiger partial charge in [0, 0.05) is 5.56 Å². The Morgan fingerprint density at radius 2 is 2.00 bits per heavy atom. The Labute approximate surface area is 120 Å². The average molecular weight is 334 g/mol. The zero-order valence-corrected chi connectivity index (χ0v) is 11.3. The van der Waals surface area contributed by atoms with E-state index in [1.54, 1.807) is 0 Å². The highest BCUT2D eigenvalue weighted by atomic mass is 35.5. The number of esters is 1. The number of carbonyl (C=O) groups excluding carboxylic acids is 1. The van der Waals surface area contributed by atoms with Crippen molar-refractivity contribution in [3.63, 3.8) is 0 Å². The number of hydrogen-bond acceptors (Lipinski definition) is 4. The number of ether oxygens (including phenoxy) is 2. The third kappa shape index (κ3) is 5.00. The molecule has 0 aliphatic heterocycles. The lowest BCUT2D eigenvalue weighted by molar-refractivity contribution is -0.275. The van der Waals surface area contributed by atoms with Crippen molar-refractivity contribution in [2.45, 2.75) is 25.1 Å². The molecule has 1 heterocycles. The molecule has 21 heavy (non-hydrogen) atoms. The van der Waals surface area contributed by atoms with Gasteiger partial charge in [-0.25, -0.2) is 8.78 Å². The van der Waals surface area contributed by atoms with Gasteiger partial charge in [0.05, 0.1) is 30.8 Å². The maximum Gasteiger partial charge on any atom is 0.573 e. The van der Waals surface area contributed by atoms with Crippen LogP contribution in [0.3, 0.4) is 0 Å². The van der Waals surface area contributed by atoms with Crippen molar-refractivity contribution in [1.29, 1.82) is 0 Å². The topological polar surface area (TPSA) is 48.4 Å². The molecule has 0 amide bonds. The van der Waals surface area contributed by atoms with Crippen LogP contribution in [0.1, 0.15) is 23.4 Å². The molecule has 4 nitrogen and oxygen atoms in total. The number of methoxy groups -OCH3 is 1. The molecule has 0 unspecified atom stereocenters. The van der Waals surface area contributed by atoms with Crippen molar-refractivity contribution in [3.8, 4) is 5.75 Å². The summed E-state index contributed by atoms with van der Waals surface area (Å²) in [4.78, 5) is 14.7. The summed E-state index contributed by atoms with van der Waals surface area (Å²) in [5, 5.41) is 0. The predicted molar refractivity (Wildman–Crippen MR) is 61.2 cm³/mol. The van der Waals surface area contributed by atoms with Crippen molar-refractivity contribution in [1.82, 2.24) is 4.98 Å². The Morgan fingerprint density at radius 1 is 1.38 bits per heavy atom. The number of hydrogen-bond donors (Lipinski definition) is 0. The van der Waals surface area contributed by atoms with Crippen LogP contribution in [0.5, 0.6) is 5.75 Å². The van der Waals surface area contributed by atoms with Crippen LogP contribution in [0.2, 0.25) is 0 Å². The average Bonchev–Trinajstić information content (AvgIpc) is 2.37. The minimum absolute atomic E-state index is 0.405. The number of carbonyl (C=O) groups is 1. The fourth-order valence-corrected chi connectivity index (χ4v) is 1.63. The summed E-state index contributed by atoms with van der Waals surface area (Å²) in [6.45, 7) is 0. The molecule has 118 valence electrons. The Bertz CT molecular complexity index is 521. The van der Waals surface area contributed by atoms with E-state index in [0.29, 0.717) is 6.07 Å². The number of halogens is 6. The van der Waals surface area contributed by atoms with Crippen LogP contribution in [0.25, 0.3) is 0 Å². The minimum atomic E-state index is -5.08. The van der Waals surface area contributed by atoms with E-state index in [-0.39, 0.29) is 0 Å². The molecule has 1 aromatic heterocycles. The van der Waals surface area contributed by atoms with Crippen molar-refractivity contribution in [2.75, 3.05) is 7.11 Å². The largest absolute Gasteiger partial charge is 0.573 e. The van der Waals surface area contributed by atoms with Crippen LogP contribution in [0.15, 0.2) is 6.07 Å². The summed E-state index contributed by atoms with van der Waals surface area (Å²) in [7, 11) is 1.04. The van der Waals surface area contributed by atoms with E-state index in [4.69, 9.17) is 11.6 Å². The van der Waals surface area contributed by atoms with Gasteiger partial charge in [0.15, 0.2) is 5.75 Å². The number of alkyl halides is 6. The molecule has 10 heteroatoms. The van der Waals surface area contributed by atoms with Gasteiger partial charge in [-0.05, 0) is 6.07 Å². The first kappa shape index (κ1) is 17.4. The quantitative estimate of drug-likeness (QED) is 0.471. The molecule has 0 spiro atoms. The van der Waals surface area contributed by atoms with Gasteiger partial charge < -0.3 is 9.47 Å². The highest BCUT2D eigenvalue weighted by molar-refractivity contribution is 6.17. The predicted octanol–water partition coefficient (Wildman–Crippen LogP) is 3.37. The summed E-state index contributed by atoms with van der Waals surface area (Å²) in [6.07, 6.45) is -8.84. The molecular weight excluding hydrogens is 325 g/mol. The second-order valence-corrected chi connectivity index (χ2v) is 3.97. The number of aromatic nitrogens is 1. The van der Waals surface area contributed by atoms with Crippen LogP contribution in [-0.2, 0) is 21.8 Å². The van der Waals surface area contributed by atoms with Gasteiger partial charge in [-0.1, -0.05) is 0 Å². The molecule has 0 atom stereocenters. The highest BCUT2D eigenvalue weighted by Crippen LogP contribution is 2.32. The van der Waals surface area contributed by atoms with E-state index >= 15 is 0 Å². The Kier molecular flexibility index (Phi) is 5.70. The number of rotatable bonds is 5. The van der Waals surface area contributed by atoms with Crippen molar-refractivity contribution < 1.29 is 36.2 Å². The zero-order valence-electron chi connectivity index (χ0n) is 10.5. The summed E-state index contributed by atoms with van der Waals surface area (Å²) < 4.78 is 70.2. The molecule has 1 rings (SSSR count). The molecule has 0 aromatic carbocycles. The van der Waals surface area contributed by atoms with Crippen LogP contribution in [-0.4, -0.2) is 24.4 Å². The van der Waals surface area contributed by atoms with Crippen molar-refractivity contribution >= 4 is 17.6 Å². The van der Waals surface area contributed by atoms with Crippen LogP contribution in [0.4, 0.5) is 22.0 Å². The van der Waals surface area contributed by atoms with E-state index < -0.39 is 53.8 Å². The summed E-state index contributed by atoms with van der Waals surface area (Å²) in [5.74, 6) is -2.31. The maximum absolute atomic E-state index is 12.9. The molecule has 0 radical (unpaired) electrons. The van der Waals surface area contributed by atoms with E-state index in [0.717, 1.165) is 7.11 Å². The third-order valence-corrected chi connectivity index (χ3v) is 2.55. The number of nitrogens with zero attached hydrogens (tertiary/aromatic N) is 1. The fourth-order valence-electron chi connectivity index (χ4n) is 1.44. The summed E-state index contributed by atoms with van der Waals surface area (Å²) >= 11 is 5.42. The fraction of sp³-hybridized carbons (Fsp3) is 0.455. The van der Waals surface area contributed by atoms with Gasteiger partial charge in [0.25, 0.3) is 6.43 Å². The van der Waals surface area contributed by atoms with E-state index in [1.165, 1.54) is 0 Å². The first-order chi connectivity index (χ1) is 9.67.